The van der Waals surface area contributed by atoms with Crippen molar-refractivity contribution in [1.82, 2.24) is 0 Å². The van der Waals surface area contributed by atoms with E-state index in [-0.39, 0.29) is 0 Å². The second-order valence-electron chi connectivity index (χ2n) is 3.84. The van der Waals surface area contributed by atoms with Gasteiger partial charge in [0, 0.05) is 0 Å². The molecule has 0 aromatic carbocycles. The fourth-order valence-corrected chi connectivity index (χ4v) is 2.09. The highest BCUT2D eigenvalue weighted by Crippen LogP contribution is 2.32. The zero-order valence-corrected chi connectivity index (χ0v) is 8.11. The number of rotatable bonds is 2. The molecule has 1 rings (SSSR count). The van der Waals surface area contributed by atoms with Crippen molar-refractivity contribution >= 4 is 0 Å². The Morgan fingerprint density at radius 1 is 1.36 bits per heavy atom. The van der Waals surface area contributed by atoms with E-state index in [4.69, 9.17) is 0 Å². The fourth-order valence-electron chi connectivity index (χ4n) is 2.09. The maximum atomic E-state index is 2.33. The molecule has 1 unspecified atom stereocenters. The summed E-state index contributed by atoms with van der Waals surface area (Å²) >= 11 is 0. The highest BCUT2D eigenvalue weighted by Gasteiger charge is 2.15. The molecule has 0 heteroatoms. The Kier molecular flexibility index (Phi) is 3.16. The summed E-state index contributed by atoms with van der Waals surface area (Å²) in [5.74, 6) is 0.925. The largest absolute Gasteiger partial charge is 0.0741 e. The molecule has 0 fully saturated rings. The zero-order valence-electron chi connectivity index (χ0n) is 8.11. The van der Waals surface area contributed by atoms with Crippen molar-refractivity contribution in [3.63, 3.8) is 0 Å². The molecule has 0 saturated carbocycles. The van der Waals surface area contributed by atoms with Crippen molar-refractivity contribution in [3.8, 4) is 0 Å². The smallest absolute Gasteiger partial charge is 0.0203 e. The van der Waals surface area contributed by atoms with Crippen LogP contribution in [0, 0.1) is 5.92 Å². The van der Waals surface area contributed by atoms with Gasteiger partial charge in [-0.05, 0) is 45.4 Å². The standard InChI is InChI=1S/C11H20/c1-4-6-11-8-5-7-9(2)10(11)3/h11H,4-8H2,1-3H3. The maximum absolute atomic E-state index is 2.33. The summed E-state index contributed by atoms with van der Waals surface area (Å²) in [6.45, 7) is 6.92. The van der Waals surface area contributed by atoms with E-state index in [1.165, 1.54) is 32.1 Å². The second-order valence-corrected chi connectivity index (χ2v) is 3.84. The summed E-state index contributed by atoms with van der Waals surface area (Å²) in [6, 6.07) is 0. The minimum Gasteiger partial charge on any atom is -0.0741 e. The van der Waals surface area contributed by atoms with Gasteiger partial charge in [0.05, 0.1) is 0 Å². The molecular weight excluding hydrogens is 132 g/mol. The van der Waals surface area contributed by atoms with E-state index in [9.17, 15) is 0 Å². The second kappa shape index (κ2) is 3.94. The van der Waals surface area contributed by atoms with Gasteiger partial charge >= 0.3 is 0 Å². The Labute approximate surface area is 70.7 Å². The van der Waals surface area contributed by atoms with Gasteiger partial charge in [0.15, 0.2) is 0 Å². The normalized spacial score (nSPS) is 25.9. The van der Waals surface area contributed by atoms with Crippen LogP contribution in [0.25, 0.3) is 0 Å². The predicted octanol–water partition coefficient (Wildman–Crippen LogP) is 3.92. The van der Waals surface area contributed by atoms with Crippen LogP contribution in [0.1, 0.15) is 52.9 Å². The highest BCUT2D eigenvalue weighted by atomic mass is 14.2. The Morgan fingerprint density at radius 3 is 2.73 bits per heavy atom. The van der Waals surface area contributed by atoms with E-state index in [0.717, 1.165) is 5.92 Å². The van der Waals surface area contributed by atoms with Crippen LogP contribution in [0.4, 0.5) is 0 Å². The minimum absolute atomic E-state index is 0.925. The quantitative estimate of drug-likeness (QED) is 0.526. The molecule has 0 amide bonds. The summed E-state index contributed by atoms with van der Waals surface area (Å²) < 4.78 is 0. The van der Waals surface area contributed by atoms with Gasteiger partial charge in [0.25, 0.3) is 0 Å². The van der Waals surface area contributed by atoms with Crippen molar-refractivity contribution in [1.29, 1.82) is 0 Å². The van der Waals surface area contributed by atoms with Crippen LogP contribution in [0.3, 0.4) is 0 Å². The van der Waals surface area contributed by atoms with Gasteiger partial charge in [-0.25, -0.2) is 0 Å². The Hall–Kier alpha value is -0.260. The van der Waals surface area contributed by atoms with Gasteiger partial charge in [-0.1, -0.05) is 24.5 Å². The van der Waals surface area contributed by atoms with Crippen LogP contribution in [0.15, 0.2) is 11.1 Å². The summed E-state index contributed by atoms with van der Waals surface area (Å²) in [6.07, 6.45) is 6.97. The average Bonchev–Trinajstić information content (AvgIpc) is 1.99. The van der Waals surface area contributed by atoms with Crippen molar-refractivity contribution in [2.45, 2.75) is 52.9 Å². The summed E-state index contributed by atoms with van der Waals surface area (Å²) in [4.78, 5) is 0. The monoisotopic (exact) mass is 152 g/mol. The molecule has 0 N–H and O–H groups in total. The predicted molar refractivity (Wildman–Crippen MR) is 50.6 cm³/mol. The molecule has 1 aliphatic carbocycles. The Bertz CT molecular complexity index is 153. The Balaban J connectivity index is 2.58. The first-order chi connectivity index (χ1) is 5.25. The lowest BCUT2D eigenvalue weighted by molar-refractivity contribution is 0.462. The Morgan fingerprint density at radius 2 is 2.09 bits per heavy atom. The van der Waals surface area contributed by atoms with Crippen LogP contribution in [0.5, 0.6) is 0 Å². The van der Waals surface area contributed by atoms with Crippen molar-refractivity contribution < 1.29 is 0 Å². The number of allylic oxidation sites excluding steroid dienone is 2. The van der Waals surface area contributed by atoms with Crippen LogP contribution < -0.4 is 0 Å². The minimum atomic E-state index is 0.925. The van der Waals surface area contributed by atoms with E-state index in [2.05, 4.69) is 20.8 Å². The third-order valence-electron chi connectivity index (χ3n) is 3.03. The molecule has 64 valence electrons. The van der Waals surface area contributed by atoms with Gasteiger partial charge in [0.1, 0.15) is 0 Å². The van der Waals surface area contributed by atoms with E-state index in [0.29, 0.717) is 0 Å². The van der Waals surface area contributed by atoms with Gasteiger partial charge in [-0.3, -0.25) is 0 Å². The van der Waals surface area contributed by atoms with Crippen molar-refractivity contribution in [3.05, 3.63) is 11.1 Å². The topological polar surface area (TPSA) is 0 Å². The first kappa shape index (κ1) is 8.83. The average molecular weight is 152 g/mol. The molecule has 0 bridgehead atoms. The number of hydrogen-bond acceptors (Lipinski definition) is 0. The number of hydrogen-bond donors (Lipinski definition) is 0. The molecule has 1 atom stereocenters. The lowest BCUT2D eigenvalue weighted by Gasteiger charge is -2.24. The zero-order chi connectivity index (χ0) is 8.27. The van der Waals surface area contributed by atoms with Gasteiger partial charge in [-0.15, -0.1) is 0 Å². The molecule has 0 aliphatic heterocycles. The summed E-state index contributed by atoms with van der Waals surface area (Å²) in [5, 5.41) is 0. The summed E-state index contributed by atoms with van der Waals surface area (Å²) in [7, 11) is 0. The molecule has 0 radical (unpaired) electrons. The first-order valence-electron chi connectivity index (χ1n) is 4.92. The third kappa shape index (κ3) is 2.08. The third-order valence-corrected chi connectivity index (χ3v) is 3.03. The van der Waals surface area contributed by atoms with Crippen LogP contribution in [0.2, 0.25) is 0 Å². The van der Waals surface area contributed by atoms with Crippen LogP contribution >= 0.6 is 0 Å². The molecular formula is C11H20. The molecule has 11 heavy (non-hydrogen) atoms. The maximum Gasteiger partial charge on any atom is -0.0203 e. The fraction of sp³-hybridized carbons (Fsp3) is 0.818. The van der Waals surface area contributed by atoms with Gasteiger partial charge in [-0.2, -0.15) is 0 Å². The van der Waals surface area contributed by atoms with E-state index in [1.54, 1.807) is 11.1 Å². The van der Waals surface area contributed by atoms with E-state index < -0.39 is 0 Å². The molecule has 1 aliphatic rings. The van der Waals surface area contributed by atoms with E-state index >= 15 is 0 Å². The highest BCUT2D eigenvalue weighted by molar-refractivity contribution is 5.15. The van der Waals surface area contributed by atoms with Crippen LogP contribution in [-0.2, 0) is 0 Å². The molecule has 0 nitrogen and oxygen atoms in total. The van der Waals surface area contributed by atoms with Gasteiger partial charge in [0.2, 0.25) is 0 Å². The molecule has 0 spiro atoms. The molecule has 0 aromatic heterocycles. The molecule has 0 saturated heterocycles. The van der Waals surface area contributed by atoms with Gasteiger partial charge < -0.3 is 0 Å². The molecule has 0 heterocycles. The lowest BCUT2D eigenvalue weighted by Crippen LogP contribution is -2.08. The van der Waals surface area contributed by atoms with Crippen LogP contribution in [-0.4, -0.2) is 0 Å². The van der Waals surface area contributed by atoms with Crippen molar-refractivity contribution in [2.75, 3.05) is 0 Å². The SMILES string of the molecule is CCCC1CCCC(C)=C1C. The lowest BCUT2D eigenvalue weighted by atomic mass is 9.82. The summed E-state index contributed by atoms with van der Waals surface area (Å²) in [5.41, 5.74) is 3.35. The van der Waals surface area contributed by atoms with E-state index in [1.807, 2.05) is 0 Å². The van der Waals surface area contributed by atoms with Crippen molar-refractivity contribution in [2.24, 2.45) is 5.92 Å². The molecule has 0 aromatic rings. The first-order valence-corrected chi connectivity index (χ1v) is 4.92.